The standard InChI is InChI=1S/C18H23ClN2O3/c19-13-1-3-15(4-2-13)24-11-17(23)20-18-7-12(8-18)16(9-18)21-6-5-14(22)10-21/h1-4,12,14,16,22H,5-11H2,(H,20,23)/t12?,14?,16-,18?/m1/s1. The predicted molar refractivity (Wildman–Crippen MR) is 91.1 cm³/mol. The van der Waals surface area contributed by atoms with Gasteiger partial charge in [0.1, 0.15) is 5.75 Å². The lowest BCUT2D eigenvalue weighted by Gasteiger charge is -2.39. The average molecular weight is 351 g/mol. The predicted octanol–water partition coefficient (Wildman–Crippen LogP) is 1.82. The number of halogens is 1. The van der Waals surface area contributed by atoms with Crippen molar-refractivity contribution in [3.05, 3.63) is 29.3 Å². The van der Waals surface area contributed by atoms with Crippen molar-refractivity contribution in [3.63, 3.8) is 0 Å². The number of aliphatic hydroxyl groups excluding tert-OH is 1. The maximum atomic E-state index is 12.2. The van der Waals surface area contributed by atoms with E-state index >= 15 is 0 Å². The summed E-state index contributed by atoms with van der Waals surface area (Å²) in [4.78, 5) is 14.6. The molecular weight excluding hydrogens is 328 g/mol. The van der Waals surface area contributed by atoms with Crippen molar-refractivity contribution >= 4 is 17.5 Å². The van der Waals surface area contributed by atoms with Crippen LogP contribution in [0.2, 0.25) is 5.02 Å². The average Bonchev–Trinajstić information content (AvgIpc) is 3.19. The molecule has 4 fully saturated rings. The molecule has 1 aliphatic heterocycles. The van der Waals surface area contributed by atoms with Gasteiger partial charge in [-0.2, -0.15) is 0 Å². The van der Waals surface area contributed by atoms with E-state index in [1.54, 1.807) is 24.3 Å². The van der Waals surface area contributed by atoms with Gasteiger partial charge in [-0.05, 0) is 55.9 Å². The molecule has 1 unspecified atom stereocenters. The Balaban J connectivity index is 1.27. The number of fused-ring (bicyclic) bond motifs is 1. The number of carbonyl (C=O) groups excluding carboxylic acids is 1. The normalized spacial score (nSPS) is 34.8. The van der Waals surface area contributed by atoms with E-state index in [-0.39, 0.29) is 24.2 Å². The molecule has 1 aromatic carbocycles. The number of benzene rings is 1. The van der Waals surface area contributed by atoms with E-state index in [1.807, 2.05) is 0 Å². The van der Waals surface area contributed by atoms with Crippen LogP contribution < -0.4 is 10.1 Å². The molecule has 2 atom stereocenters. The summed E-state index contributed by atoms with van der Waals surface area (Å²) < 4.78 is 5.52. The van der Waals surface area contributed by atoms with Crippen LogP contribution in [-0.4, -0.2) is 53.3 Å². The summed E-state index contributed by atoms with van der Waals surface area (Å²) in [5.74, 6) is 1.24. The van der Waals surface area contributed by atoms with Gasteiger partial charge in [-0.1, -0.05) is 11.6 Å². The summed E-state index contributed by atoms with van der Waals surface area (Å²) in [7, 11) is 0. The van der Waals surface area contributed by atoms with Gasteiger partial charge in [0.25, 0.3) is 5.91 Å². The lowest BCUT2D eigenvalue weighted by Crippen LogP contribution is -2.53. The molecule has 0 spiro atoms. The van der Waals surface area contributed by atoms with Crippen LogP contribution >= 0.6 is 11.6 Å². The Morgan fingerprint density at radius 3 is 2.75 bits per heavy atom. The monoisotopic (exact) mass is 350 g/mol. The molecular formula is C18H23ClN2O3. The van der Waals surface area contributed by atoms with Gasteiger partial charge in [0.15, 0.2) is 6.61 Å². The zero-order chi connectivity index (χ0) is 16.7. The van der Waals surface area contributed by atoms with Crippen molar-refractivity contribution < 1.29 is 14.6 Å². The molecule has 1 aromatic rings. The number of hydrogen-bond acceptors (Lipinski definition) is 4. The first kappa shape index (κ1) is 16.2. The summed E-state index contributed by atoms with van der Waals surface area (Å²) in [6.07, 6.45) is 3.80. The van der Waals surface area contributed by atoms with Gasteiger partial charge in [0.2, 0.25) is 0 Å². The van der Waals surface area contributed by atoms with Gasteiger partial charge in [0, 0.05) is 29.7 Å². The largest absolute Gasteiger partial charge is 0.484 e. The highest BCUT2D eigenvalue weighted by Crippen LogP contribution is 2.54. The van der Waals surface area contributed by atoms with Gasteiger partial charge < -0.3 is 15.2 Å². The molecule has 3 saturated carbocycles. The van der Waals surface area contributed by atoms with Crippen LogP contribution in [0.4, 0.5) is 0 Å². The van der Waals surface area contributed by atoms with Crippen LogP contribution in [0, 0.1) is 5.92 Å². The highest BCUT2D eigenvalue weighted by atomic mass is 35.5. The molecule has 2 bridgehead atoms. The topological polar surface area (TPSA) is 61.8 Å². The molecule has 6 heteroatoms. The molecule has 1 saturated heterocycles. The Labute approximate surface area is 146 Å². The van der Waals surface area contributed by atoms with Crippen molar-refractivity contribution in [2.24, 2.45) is 5.92 Å². The number of rotatable bonds is 5. The zero-order valence-corrected chi connectivity index (χ0v) is 14.3. The number of ether oxygens (including phenoxy) is 1. The first-order chi connectivity index (χ1) is 11.5. The second kappa shape index (κ2) is 6.21. The molecule has 3 aliphatic carbocycles. The second-order valence-corrected chi connectivity index (χ2v) is 7.88. The number of β-amino-alcohol motifs (C(OH)–C–C–N with tert-alkyl or cyclic N) is 1. The Bertz CT molecular complexity index is 615. The third-order valence-electron chi connectivity index (χ3n) is 5.70. The van der Waals surface area contributed by atoms with E-state index in [1.165, 1.54) is 0 Å². The molecule has 5 nitrogen and oxygen atoms in total. The smallest absolute Gasteiger partial charge is 0.258 e. The highest BCUT2D eigenvalue weighted by molar-refractivity contribution is 6.30. The van der Waals surface area contributed by atoms with Crippen LogP contribution in [0.3, 0.4) is 0 Å². The lowest BCUT2D eigenvalue weighted by molar-refractivity contribution is -0.125. The zero-order valence-electron chi connectivity index (χ0n) is 13.6. The summed E-state index contributed by atoms with van der Waals surface area (Å²) in [5, 5.41) is 13.6. The van der Waals surface area contributed by atoms with Crippen molar-refractivity contribution in [1.82, 2.24) is 10.2 Å². The third-order valence-corrected chi connectivity index (χ3v) is 5.95. The maximum absolute atomic E-state index is 12.2. The molecule has 130 valence electrons. The van der Waals surface area contributed by atoms with E-state index in [0.29, 0.717) is 22.7 Å². The molecule has 1 heterocycles. The third kappa shape index (κ3) is 3.13. The Morgan fingerprint density at radius 1 is 1.33 bits per heavy atom. The summed E-state index contributed by atoms with van der Waals surface area (Å²) in [5.41, 5.74) is -0.0523. The van der Waals surface area contributed by atoms with Crippen LogP contribution in [0.1, 0.15) is 25.7 Å². The number of carbonyl (C=O) groups is 1. The quantitative estimate of drug-likeness (QED) is 0.850. The SMILES string of the molecule is O=C(COc1ccc(Cl)cc1)NC12CC(C1)[C@H](N1CCC(O)C1)C2. The van der Waals surface area contributed by atoms with Crippen molar-refractivity contribution in [2.45, 2.75) is 43.4 Å². The van der Waals surface area contributed by atoms with Crippen molar-refractivity contribution in [1.29, 1.82) is 0 Å². The Morgan fingerprint density at radius 2 is 2.08 bits per heavy atom. The minimum absolute atomic E-state index is 0.0289. The van der Waals surface area contributed by atoms with Gasteiger partial charge in [-0.3, -0.25) is 9.69 Å². The molecule has 5 rings (SSSR count). The number of amides is 1. The molecule has 24 heavy (non-hydrogen) atoms. The van der Waals surface area contributed by atoms with Gasteiger partial charge in [-0.15, -0.1) is 0 Å². The molecule has 1 amide bonds. The minimum Gasteiger partial charge on any atom is -0.484 e. The number of hydrogen-bond donors (Lipinski definition) is 2. The first-order valence-electron chi connectivity index (χ1n) is 8.64. The summed E-state index contributed by atoms with van der Waals surface area (Å²) in [6, 6.07) is 7.53. The van der Waals surface area contributed by atoms with Crippen molar-refractivity contribution in [3.8, 4) is 5.75 Å². The number of nitrogens with one attached hydrogen (secondary N) is 1. The molecule has 0 aromatic heterocycles. The molecule has 4 aliphatic rings. The van der Waals surface area contributed by atoms with Crippen LogP contribution in [-0.2, 0) is 4.79 Å². The van der Waals surface area contributed by atoms with Crippen LogP contribution in [0.25, 0.3) is 0 Å². The van der Waals surface area contributed by atoms with Crippen molar-refractivity contribution in [2.75, 3.05) is 19.7 Å². The number of nitrogens with zero attached hydrogens (tertiary/aromatic N) is 1. The lowest BCUT2D eigenvalue weighted by atomic mass is 9.76. The summed E-state index contributed by atoms with van der Waals surface area (Å²) in [6.45, 7) is 1.79. The van der Waals surface area contributed by atoms with E-state index in [4.69, 9.17) is 16.3 Å². The van der Waals surface area contributed by atoms with E-state index in [0.717, 1.165) is 38.8 Å². The minimum atomic E-state index is -0.180. The van der Waals surface area contributed by atoms with Gasteiger partial charge in [-0.25, -0.2) is 0 Å². The van der Waals surface area contributed by atoms with E-state index in [9.17, 15) is 9.90 Å². The van der Waals surface area contributed by atoms with Crippen LogP contribution in [0.15, 0.2) is 24.3 Å². The number of aliphatic hydroxyl groups is 1. The van der Waals surface area contributed by atoms with E-state index < -0.39 is 0 Å². The van der Waals surface area contributed by atoms with Gasteiger partial charge >= 0.3 is 0 Å². The first-order valence-corrected chi connectivity index (χ1v) is 9.02. The summed E-state index contributed by atoms with van der Waals surface area (Å²) >= 11 is 5.83. The van der Waals surface area contributed by atoms with Gasteiger partial charge in [0.05, 0.1) is 6.10 Å². The molecule has 2 N–H and O–H groups in total. The fraction of sp³-hybridized carbons (Fsp3) is 0.611. The van der Waals surface area contributed by atoms with Crippen LogP contribution in [0.5, 0.6) is 5.75 Å². The molecule has 0 radical (unpaired) electrons. The highest BCUT2D eigenvalue weighted by Gasteiger charge is 2.58. The number of likely N-dealkylation sites (tertiary alicyclic amines) is 1. The Hall–Kier alpha value is -1.30. The Kier molecular flexibility index (Phi) is 4.19. The fourth-order valence-corrected chi connectivity index (χ4v) is 4.74. The fourth-order valence-electron chi connectivity index (χ4n) is 4.61. The second-order valence-electron chi connectivity index (χ2n) is 7.45. The maximum Gasteiger partial charge on any atom is 0.258 e. The van der Waals surface area contributed by atoms with E-state index in [2.05, 4.69) is 10.2 Å².